The van der Waals surface area contributed by atoms with E-state index in [1.54, 1.807) is 35.2 Å². The van der Waals surface area contributed by atoms with Crippen molar-refractivity contribution in [2.45, 2.75) is 19.4 Å². The summed E-state index contributed by atoms with van der Waals surface area (Å²) in [6, 6.07) is 8.21. The van der Waals surface area contributed by atoms with Crippen molar-refractivity contribution in [2.24, 2.45) is 5.92 Å². The Hall–Kier alpha value is -1.88. The van der Waals surface area contributed by atoms with Crippen LogP contribution in [0.4, 0.5) is 0 Å². The molecule has 4 nitrogen and oxygen atoms in total. The van der Waals surface area contributed by atoms with Gasteiger partial charge in [-0.25, -0.2) is 0 Å². The van der Waals surface area contributed by atoms with Crippen LogP contribution in [-0.4, -0.2) is 42.3 Å². The first-order valence-corrected chi connectivity index (χ1v) is 8.41. The fourth-order valence-corrected chi connectivity index (χ4v) is 3.97. The molecule has 1 aromatic carbocycles. The molecule has 0 bridgehead atoms. The molecule has 1 aliphatic heterocycles. The molecule has 3 rings (SSSR count). The fourth-order valence-electron chi connectivity index (χ4n) is 3.02. The second-order valence-corrected chi connectivity index (χ2v) is 6.82. The van der Waals surface area contributed by atoms with Gasteiger partial charge < -0.3 is 9.80 Å². The Balaban J connectivity index is 1.75. The summed E-state index contributed by atoms with van der Waals surface area (Å²) in [7, 11) is 3.56. The number of likely N-dealkylation sites (tertiary alicyclic amines) is 1. The van der Waals surface area contributed by atoms with E-state index >= 15 is 0 Å². The van der Waals surface area contributed by atoms with Crippen LogP contribution in [0.5, 0.6) is 0 Å². The summed E-state index contributed by atoms with van der Waals surface area (Å²) in [6.45, 7) is 1.30. The summed E-state index contributed by atoms with van der Waals surface area (Å²) < 4.78 is 1.23. The van der Waals surface area contributed by atoms with E-state index in [2.05, 4.69) is 17.5 Å². The molecule has 22 heavy (non-hydrogen) atoms. The molecule has 1 fully saturated rings. The van der Waals surface area contributed by atoms with Crippen molar-refractivity contribution in [3.05, 3.63) is 35.2 Å². The predicted molar refractivity (Wildman–Crippen MR) is 88.7 cm³/mol. The lowest BCUT2D eigenvalue weighted by Gasteiger charge is -2.31. The van der Waals surface area contributed by atoms with Crippen LogP contribution in [0.1, 0.15) is 18.4 Å². The average molecular weight is 316 g/mol. The molecule has 2 heterocycles. The van der Waals surface area contributed by atoms with Crippen molar-refractivity contribution >= 4 is 33.2 Å². The molecule has 1 atom stereocenters. The Labute approximate surface area is 134 Å². The van der Waals surface area contributed by atoms with Crippen LogP contribution >= 0.6 is 11.3 Å². The number of piperidine rings is 1. The van der Waals surface area contributed by atoms with E-state index in [1.807, 2.05) is 12.1 Å². The van der Waals surface area contributed by atoms with E-state index in [-0.39, 0.29) is 11.8 Å². The molecule has 0 spiro atoms. The molecule has 1 aromatic heterocycles. The summed E-state index contributed by atoms with van der Waals surface area (Å²) in [4.78, 5) is 28.1. The first-order valence-electron chi connectivity index (χ1n) is 7.53. The molecule has 0 N–H and O–H groups in total. The van der Waals surface area contributed by atoms with Gasteiger partial charge in [-0.05, 0) is 35.2 Å². The van der Waals surface area contributed by atoms with Crippen LogP contribution in [0.3, 0.4) is 0 Å². The topological polar surface area (TPSA) is 40.6 Å². The molecule has 2 amide bonds. The van der Waals surface area contributed by atoms with Crippen LogP contribution in [0.15, 0.2) is 29.6 Å². The molecule has 0 unspecified atom stereocenters. The third-order valence-electron chi connectivity index (χ3n) is 4.30. The zero-order chi connectivity index (χ0) is 15.7. The van der Waals surface area contributed by atoms with Crippen LogP contribution in [0, 0.1) is 5.92 Å². The summed E-state index contributed by atoms with van der Waals surface area (Å²) in [5.74, 6) is -0.612. The van der Waals surface area contributed by atoms with Gasteiger partial charge >= 0.3 is 0 Å². The fraction of sp³-hybridized carbons (Fsp3) is 0.412. The molecule has 0 saturated carbocycles. The van der Waals surface area contributed by atoms with E-state index in [0.29, 0.717) is 13.0 Å². The molecule has 5 heteroatoms. The van der Waals surface area contributed by atoms with Crippen molar-refractivity contribution < 1.29 is 9.59 Å². The third kappa shape index (κ3) is 2.73. The SMILES string of the molecule is CN1CCC[C@H](C(=O)N(C)Cc2csc3ccccc23)C1=O. The van der Waals surface area contributed by atoms with Crippen molar-refractivity contribution in [3.63, 3.8) is 0 Å². The standard InChI is InChI=1S/C17H20N2O2S/c1-18-9-5-7-14(16(18)20)17(21)19(2)10-12-11-22-15-8-4-3-6-13(12)15/h3-4,6,8,11,14H,5,7,9-10H2,1-2H3/t14-/m0/s1. The first-order chi connectivity index (χ1) is 10.6. The largest absolute Gasteiger partial charge is 0.345 e. The second kappa shape index (κ2) is 6.08. The highest BCUT2D eigenvalue weighted by atomic mass is 32.1. The normalized spacial score (nSPS) is 18.7. The number of hydrogen-bond donors (Lipinski definition) is 0. The molecule has 2 aromatic rings. The molecular formula is C17H20N2O2S. The maximum absolute atomic E-state index is 12.6. The smallest absolute Gasteiger partial charge is 0.235 e. The summed E-state index contributed by atoms with van der Waals surface area (Å²) in [5.41, 5.74) is 1.15. The van der Waals surface area contributed by atoms with Gasteiger partial charge in [0.05, 0.1) is 0 Å². The minimum absolute atomic E-state index is 0.0433. The van der Waals surface area contributed by atoms with Crippen LogP contribution < -0.4 is 0 Å². The number of thiophene rings is 1. The van der Waals surface area contributed by atoms with Gasteiger partial charge in [-0.1, -0.05) is 18.2 Å². The van der Waals surface area contributed by atoms with Crippen molar-refractivity contribution in [3.8, 4) is 0 Å². The third-order valence-corrected chi connectivity index (χ3v) is 5.32. The second-order valence-electron chi connectivity index (χ2n) is 5.91. The van der Waals surface area contributed by atoms with Crippen LogP contribution in [0.25, 0.3) is 10.1 Å². The number of nitrogens with zero attached hydrogens (tertiary/aromatic N) is 2. The zero-order valence-electron chi connectivity index (χ0n) is 12.9. The van der Waals surface area contributed by atoms with Gasteiger partial charge in [0, 0.05) is 31.9 Å². The Bertz CT molecular complexity index is 710. The quantitative estimate of drug-likeness (QED) is 0.817. The molecule has 1 saturated heterocycles. The van der Waals surface area contributed by atoms with Gasteiger partial charge in [0.15, 0.2) is 0 Å². The summed E-state index contributed by atoms with van der Waals surface area (Å²) in [6.07, 6.45) is 1.56. The average Bonchev–Trinajstić information content (AvgIpc) is 2.92. The van der Waals surface area contributed by atoms with Gasteiger partial charge in [0.2, 0.25) is 11.8 Å². The van der Waals surface area contributed by atoms with Crippen LogP contribution in [-0.2, 0) is 16.1 Å². The van der Waals surface area contributed by atoms with E-state index in [4.69, 9.17) is 0 Å². The van der Waals surface area contributed by atoms with Gasteiger partial charge in [-0.15, -0.1) is 11.3 Å². The molecule has 1 aliphatic rings. The number of carbonyl (C=O) groups excluding carboxylic acids is 2. The number of carbonyl (C=O) groups is 2. The number of rotatable bonds is 3. The van der Waals surface area contributed by atoms with E-state index in [0.717, 1.165) is 18.5 Å². The van der Waals surface area contributed by atoms with Gasteiger partial charge in [0.1, 0.15) is 5.92 Å². The van der Waals surface area contributed by atoms with E-state index < -0.39 is 5.92 Å². The Morgan fingerprint density at radius 2 is 2.18 bits per heavy atom. The number of fused-ring (bicyclic) bond motifs is 1. The van der Waals surface area contributed by atoms with Crippen molar-refractivity contribution in [1.82, 2.24) is 9.80 Å². The number of benzene rings is 1. The minimum atomic E-state index is -0.506. The molecule has 0 aliphatic carbocycles. The Morgan fingerprint density at radius 3 is 3.00 bits per heavy atom. The highest BCUT2D eigenvalue weighted by molar-refractivity contribution is 7.17. The van der Waals surface area contributed by atoms with Crippen LogP contribution in [0.2, 0.25) is 0 Å². The van der Waals surface area contributed by atoms with E-state index in [1.165, 1.54) is 10.1 Å². The van der Waals surface area contributed by atoms with Crippen molar-refractivity contribution in [1.29, 1.82) is 0 Å². The lowest BCUT2D eigenvalue weighted by Crippen LogP contribution is -2.46. The van der Waals surface area contributed by atoms with Gasteiger partial charge in [-0.3, -0.25) is 9.59 Å². The summed E-state index contributed by atoms with van der Waals surface area (Å²) >= 11 is 1.69. The number of amides is 2. The highest BCUT2D eigenvalue weighted by Crippen LogP contribution is 2.27. The molecule has 0 radical (unpaired) electrons. The highest BCUT2D eigenvalue weighted by Gasteiger charge is 2.34. The molecular weight excluding hydrogens is 296 g/mol. The zero-order valence-corrected chi connectivity index (χ0v) is 13.7. The Kier molecular flexibility index (Phi) is 4.16. The minimum Gasteiger partial charge on any atom is -0.345 e. The van der Waals surface area contributed by atoms with E-state index in [9.17, 15) is 9.59 Å². The summed E-state index contributed by atoms with van der Waals surface area (Å²) in [5, 5.41) is 3.29. The predicted octanol–water partition coefficient (Wildman–Crippen LogP) is 2.73. The lowest BCUT2D eigenvalue weighted by molar-refractivity contribution is -0.148. The lowest BCUT2D eigenvalue weighted by atomic mass is 9.96. The Morgan fingerprint density at radius 1 is 1.41 bits per heavy atom. The monoisotopic (exact) mass is 316 g/mol. The van der Waals surface area contributed by atoms with Gasteiger partial charge in [-0.2, -0.15) is 0 Å². The molecule has 116 valence electrons. The number of hydrogen-bond acceptors (Lipinski definition) is 3. The van der Waals surface area contributed by atoms with Crippen molar-refractivity contribution in [2.75, 3.05) is 20.6 Å². The first kappa shape index (κ1) is 15.0. The van der Waals surface area contributed by atoms with Gasteiger partial charge in [0.25, 0.3) is 0 Å². The maximum atomic E-state index is 12.6. The maximum Gasteiger partial charge on any atom is 0.235 e.